The van der Waals surface area contributed by atoms with Gasteiger partial charge in [-0.25, -0.2) is 0 Å². The van der Waals surface area contributed by atoms with Crippen LogP contribution in [0.4, 0.5) is 0 Å². The highest BCUT2D eigenvalue weighted by Gasteiger charge is 2.43. The molecule has 4 nitrogen and oxygen atoms in total. The third-order valence-corrected chi connectivity index (χ3v) is 5.19. The number of hydrogen-bond donors (Lipinski definition) is 1. The summed E-state index contributed by atoms with van der Waals surface area (Å²) in [5, 5.41) is 3.35. The second kappa shape index (κ2) is 7.46. The first-order valence-corrected chi connectivity index (χ1v) is 8.98. The average molecular weight is 298 g/mol. The van der Waals surface area contributed by atoms with Crippen LogP contribution >= 0.6 is 11.8 Å². The number of amides is 2. The highest BCUT2D eigenvalue weighted by Crippen LogP contribution is 2.28. The predicted octanol–water partition coefficient (Wildman–Crippen LogP) is 2.18. The maximum Gasteiger partial charge on any atom is 0.247 e. The van der Waals surface area contributed by atoms with E-state index in [9.17, 15) is 9.59 Å². The third kappa shape index (κ3) is 3.76. The first-order chi connectivity index (χ1) is 9.63. The zero-order valence-corrected chi connectivity index (χ0v) is 13.4. The van der Waals surface area contributed by atoms with Gasteiger partial charge in [0, 0.05) is 12.1 Å². The lowest BCUT2D eigenvalue weighted by Gasteiger charge is -2.23. The monoisotopic (exact) mass is 298 g/mol. The van der Waals surface area contributed by atoms with Crippen LogP contribution in [-0.4, -0.2) is 46.3 Å². The molecule has 2 aliphatic rings. The van der Waals surface area contributed by atoms with Crippen LogP contribution < -0.4 is 5.32 Å². The Morgan fingerprint density at radius 2 is 2.05 bits per heavy atom. The van der Waals surface area contributed by atoms with Crippen molar-refractivity contribution in [3.63, 3.8) is 0 Å². The lowest BCUT2D eigenvalue weighted by Crippen LogP contribution is -2.45. The maximum atomic E-state index is 12.4. The summed E-state index contributed by atoms with van der Waals surface area (Å²) in [7, 11) is 0. The van der Waals surface area contributed by atoms with Gasteiger partial charge >= 0.3 is 0 Å². The molecule has 2 unspecified atom stereocenters. The van der Waals surface area contributed by atoms with E-state index in [0.29, 0.717) is 12.5 Å². The van der Waals surface area contributed by atoms with Crippen LogP contribution in [0, 0.1) is 0 Å². The van der Waals surface area contributed by atoms with E-state index in [1.807, 2.05) is 11.8 Å². The molecule has 0 spiro atoms. The van der Waals surface area contributed by atoms with Gasteiger partial charge in [-0.3, -0.25) is 14.5 Å². The molecule has 2 amide bonds. The molecule has 1 N–H and O–H groups in total. The zero-order chi connectivity index (χ0) is 14.5. The van der Waals surface area contributed by atoms with Gasteiger partial charge < -0.3 is 5.32 Å². The van der Waals surface area contributed by atoms with Gasteiger partial charge in [-0.05, 0) is 37.7 Å². The van der Waals surface area contributed by atoms with Crippen molar-refractivity contribution < 1.29 is 9.59 Å². The zero-order valence-electron chi connectivity index (χ0n) is 12.6. The minimum atomic E-state index is -0.287. The van der Waals surface area contributed by atoms with Crippen molar-refractivity contribution in [3.05, 3.63) is 0 Å². The van der Waals surface area contributed by atoms with Crippen LogP contribution in [0.1, 0.15) is 52.4 Å². The smallest absolute Gasteiger partial charge is 0.247 e. The van der Waals surface area contributed by atoms with Crippen LogP contribution in [-0.2, 0) is 9.59 Å². The summed E-state index contributed by atoms with van der Waals surface area (Å²) >= 11 is 1.91. The van der Waals surface area contributed by atoms with E-state index in [-0.39, 0.29) is 23.9 Å². The van der Waals surface area contributed by atoms with Gasteiger partial charge in [0.15, 0.2) is 0 Å². The molecule has 0 bridgehead atoms. The Bertz CT molecular complexity index is 356. The van der Waals surface area contributed by atoms with Gasteiger partial charge in [-0.1, -0.05) is 19.8 Å². The first-order valence-electron chi connectivity index (χ1n) is 7.83. The van der Waals surface area contributed by atoms with E-state index in [0.717, 1.165) is 43.6 Å². The highest BCUT2D eigenvalue weighted by atomic mass is 32.2. The van der Waals surface area contributed by atoms with E-state index in [2.05, 4.69) is 19.2 Å². The molecule has 0 radical (unpaired) electrons. The molecule has 2 fully saturated rings. The molecular formula is C15H26N2O2S. The summed E-state index contributed by atoms with van der Waals surface area (Å²) in [4.78, 5) is 26.0. The molecule has 1 saturated carbocycles. The molecule has 1 saturated heterocycles. The minimum absolute atomic E-state index is 0.0110. The number of hydrogen-bond acceptors (Lipinski definition) is 4. The fourth-order valence-corrected chi connectivity index (χ4v) is 3.97. The summed E-state index contributed by atoms with van der Waals surface area (Å²) in [6, 6.07) is 0.178. The second-order valence-electron chi connectivity index (χ2n) is 5.85. The highest BCUT2D eigenvalue weighted by molar-refractivity contribution is 7.99. The van der Waals surface area contributed by atoms with Gasteiger partial charge in [0.05, 0.1) is 12.5 Å². The Kier molecular flexibility index (Phi) is 5.90. The number of nitrogens with zero attached hydrogens (tertiary/aromatic N) is 1. The fraction of sp³-hybridized carbons (Fsp3) is 0.867. The first kappa shape index (κ1) is 15.8. The van der Waals surface area contributed by atoms with Crippen LogP contribution in [0.2, 0.25) is 0 Å². The molecule has 5 heteroatoms. The standard InChI is InChI=1S/C15H26N2O2S/c1-3-20-9-8-11(2)16-13-10-14(18)17(15(13)19)12-6-4-5-7-12/h11-13,16H,3-10H2,1-2H3. The van der Waals surface area contributed by atoms with Crippen molar-refractivity contribution >= 4 is 23.6 Å². The van der Waals surface area contributed by atoms with Crippen molar-refractivity contribution in [2.75, 3.05) is 11.5 Å². The van der Waals surface area contributed by atoms with Crippen LogP contribution in [0.3, 0.4) is 0 Å². The molecule has 1 aliphatic heterocycles. The molecule has 0 aromatic rings. The van der Waals surface area contributed by atoms with Crippen LogP contribution in [0.15, 0.2) is 0 Å². The van der Waals surface area contributed by atoms with Gasteiger partial charge in [-0.2, -0.15) is 11.8 Å². The Labute approximate surface area is 126 Å². The van der Waals surface area contributed by atoms with Gasteiger partial charge in [0.2, 0.25) is 11.8 Å². The minimum Gasteiger partial charge on any atom is -0.303 e. The number of nitrogens with one attached hydrogen (secondary N) is 1. The Morgan fingerprint density at radius 1 is 1.35 bits per heavy atom. The molecular weight excluding hydrogens is 272 g/mol. The van der Waals surface area contributed by atoms with E-state index < -0.39 is 0 Å². The molecule has 20 heavy (non-hydrogen) atoms. The molecule has 114 valence electrons. The van der Waals surface area contributed by atoms with Crippen molar-refractivity contribution in [1.82, 2.24) is 10.2 Å². The van der Waals surface area contributed by atoms with Crippen LogP contribution in [0.25, 0.3) is 0 Å². The lowest BCUT2D eigenvalue weighted by molar-refractivity contribution is -0.141. The number of imide groups is 1. The normalized spacial score (nSPS) is 25.7. The quantitative estimate of drug-likeness (QED) is 0.578. The maximum absolute atomic E-state index is 12.4. The average Bonchev–Trinajstić information content (AvgIpc) is 2.99. The Hall–Kier alpha value is -0.550. The van der Waals surface area contributed by atoms with Crippen molar-refractivity contribution in [2.24, 2.45) is 0 Å². The predicted molar refractivity (Wildman–Crippen MR) is 82.7 cm³/mol. The van der Waals surface area contributed by atoms with E-state index >= 15 is 0 Å². The topological polar surface area (TPSA) is 49.4 Å². The largest absolute Gasteiger partial charge is 0.303 e. The van der Waals surface area contributed by atoms with E-state index in [4.69, 9.17) is 0 Å². The van der Waals surface area contributed by atoms with E-state index in [1.54, 1.807) is 4.90 Å². The summed E-state index contributed by atoms with van der Waals surface area (Å²) in [5.74, 6) is 2.26. The fourth-order valence-electron chi connectivity index (χ4n) is 3.16. The lowest BCUT2D eigenvalue weighted by atomic mass is 10.2. The Morgan fingerprint density at radius 3 is 2.70 bits per heavy atom. The van der Waals surface area contributed by atoms with Gasteiger partial charge in [0.25, 0.3) is 0 Å². The number of rotatable bonds is 7. The molecule has 1 heterocycles. The van der Waals surface area contributed by atoms with Crippen LogP contribution in [0.5, 0.6) is 0 Å². The van der Waals surface area contributed by atoms with E-state index in [1.165, 1.54) is 0 Å². The summed E-state index contributed by atoms with van der Waals surface area (Å²) in [6.45, 7) is 4.26. The van der Waals surface area contributed by atoms with Crippen molar-refractivity contribution in [3.8, 4) is 0 Å². The summed E-state index contributed by atoms with van der Waals surface area (Å²) in [5.41, 5.74) is 0. The number of likely N-dealkylation sites (tertiary alicyclic amines) is 1. The Balaban J connectivity index is 1.84. The van der Waals surface area contributed by atoms with Gasteiger partial charge in [0.1, 0.15) is 0 Å². The van der Waals surface area contributed by atoms with Gasteiger partial charge in [-0.15, -0.1) is 0 Å². The molecule has 1 aliphatic carbocycles. The number of carbonyl (C=O) groups excluding carboxylic acids is 2. The third-order valence-electron chi connectivity index (χ3n) is 4.26. The summed E-state index contributed by atoms with van der Waals surface area (Å²) in [6.07, 6.45) is 5.66. The van der Waals surface area contributed by atoms with Crippen molar-refractivity contribution in [1.29, 1.82) is 0 Å². The molecule has 0 aromatic carbocycles. The molecule has 2 atom stereocenters. The molecule has 2 rings (SSSR count). The summed E-state index contributed by atoms with van der Waals surface area (Å²) < 4.78 is 0. The SMILES string of the molecule is CCSCCC(C)NC1CC(=O)N(C2CCCC2)C1=O. The second-order valence-corrected chi connectivity index (χ2v) is 7.24. The molecule has 0 aromatic heterocycles. The number of carbonyl (C=O) groups is 2. The van der Waals surface area contributed by atoms with Crippen molar-refractivity contribution in [2.45, 2.75) is 70.5 Å². The number of thioether (sulfide) groups is 1.